The molecular weight excluding hydrogens is 246 g/mol. The topological polar surface area (TPSA) is 48.0 Å². The Kier molecular flexibility index (Phi) is 1.89. The zero-order valence-electron chi connectivity index (χ0n) is 10.0. The number of fused-ring (bicyclic) bond motifs is 1. The van der Waals surface area contributed by atoms with Crippen molar-refractivity contribution in [3.8, 4) is 5.82 Å². The molecular formula is C12H13N5S. The molecule has 0 atom stereocenters. The molecule has 1 aliphatic rings. The summed E-state index contributed by atoms with van der Waals surface area (Å²) in [4.78, 5) is 8.72. The average Bonchev–Trinajstić information content (AvgIpc) is 2.89. The lowest BCUT2D eigenvalue weighted by Gasteiger charge is -2.07. The first kappa shape index (κ1) is 10.1. The maximum Gasteiger partial charge on any atom is 0.158 e. The van der Waals surface area contributed by atoms with Crippen molar-refractivity contribution in [2.45, 2.75) is 5.03 Å². The van der Waals surface area contributed by atoms with E-state index < -0.39 is 10.0 Å². The number of hydrogen-bond donors (Lipinski definition) is 0. The Morgan fingerprint density at radius 2 is 2.17 bits per heavy atom. The van der Waals surface area contributed by atoms with Crippen LogP contribution in [0.5, 0.6) is 0 Å². The zero-order valence-corrected chi connectivity index (χ0v) is 10.8. The van der Waals surface area contributed by atoms with Gasteiger partial charge in [0.25, 0.3) is 0 Å². The zero-order chi connectivity index (χ0) is 12.2. The molecule has 5 nitrogen and oxygen atoms in total. The van der Waals surface area contributed by atoms with Crippen LogP contribution >= 0.6 is 10.0 Å². The van der Waals surface area contributed by atoms with Crippen LogP contribution in [0.25, 0.3) is 11.5 Å². The van der Waals surface area contributed by atoms with E-state index in [0.29, 0.717) is 0 Å². The van der Waals surface area contributed by atoms with Crippen molar-refractivity contribution >= 4 is 15.7 Å². The van der Waals surface area contributed by atoms with E-state index in [1.165, 1.54) is 16.5 Å². The van der Waals surface area contributed by atoms with Gasteiger partial charge in [-0.25, -0.2) is 14.5 Å². The maximum atomic E-state index is 4.68. The number of nitrogens with zero attached hydrogens (tertiary/aromatic N) is 5. The summed E-state index contributed by atoms with van der Waals surface area (Å²) in [6.45, 7) is 0. The summed E-state index contributed by atoms with van der Waals surface area (Å²) in [5.41, 5.74) is 0.925. The first-order chi connectivity index (χ1) is 8.74. The molecule has 18 heavy (non-hydrogen) atoms. The molecule has 6 heteroatoms. The van der Waals surface area contributed by atoms with Gasteiger partial charge in [0.15, 0.2) is 11.5 Å². The lowest BCUT2D eigenvalue weighted by molar-refractivity contribution is 0.862. The molecule has 0 saturated carbocycles. The van der Waals surface area contributed by atoms with Crippen LogP contribution in [-0.2, 0) is 0 Å². The van der Waals surface area contributed by atoms with E-state index in [4.69, 9.17) is 0 Å². The summed E-state index contributed by atoms with van der Waals surface area (Å²) >= 11 is 0. The molecule has 0 N–H and O–H groups in total. The Hall–Kier alpha value is -1.82. The Labute approximate surface area is 106 Å². The molecule has 1 fully saturated rings. The van der Waals surface area contributed by atoms with E-state index in [0.717, 1.165) is 11.5 Å². The molecule has 4 heterocycles. The molecule has 0 spiro atoms. The molecule has 3 aromatic heterocycles. The van der Waals surface area contributed by atoms with E-state index in [1.54, 1.807) is 12.5 Å². The van der Waals surface area contributed by atoms with Gasteiger partial charge in [-0.3, -0.25) is 4.57 Å². The molecule has 0 aromatic carbocycles. The number of aromatic nitrogens is 5. The smallest absolute Gasteiger partial charge is 0.158 e. The summed E-state index contributed by atoms with van der Waals surface area (Å²) in [6, 6.07) is 3.98. The molecule has 1 aliphatic heterocycles. The minimum Gasteiger partial charge on any atom is -0.289 e. The maximum absolute atomic E-state index is 4.68. The Morgan fingerprint density at radius 1 is 1.28 bits per heavy atom. The molecule has 92 valence electrons. The number of hydrogen-bond acceptors (Lipinski definition) is 3. The van der Waals surface area contributed by atoms with Crippen molar-refractivity contribution in [1.29, 1.82) is 0 Å². The highest BCUT2D eigenvalue weighted by Crippen LogP contribution is 2.63. The Morgan fingerprint density at radius 3 is 2.89 bits per heavy atom. The highest BCUT2D eigenvalue weighted by atomic mass is 32.3. The van der Waals surface area contributed by atoms with E-state index in [-0.39, 0.29) is 0 Å². The monoisotopic (exact) mass is 259 g/mol. The van der Waals surface area contributed by atoms with Gasteiger partial charge in [-0.05, 0) is 29.9 Å². The summed E-state index contributed by atoms with van der Waals surface area (Å²) in [6.07, 6.45) is 9.81. The number of rotatable bonds is 2. The molecule has 0 bridgehead atoms. The van der Waals surface area contributed by atoms with Crippen LogP contribution in [0.15, 0.2) is 42.1 Å². The van der Waals surface area contributed by atoms with Crippen LogP contribution < -0.4 is 0 Å². The van der Waals surface area contributed by atoms with Crippen molar-refractivity contribution in [2.24, 2.45) is 0 Å². The highest BCUT2D eigenvalue weighted by Gasteiger charge is 2.35. The van der Waals surface area contributed by atoms with E-state index in [1.807, 2.05) is 27.4 Å². The first-order valence-electron chi connectivity index (χ1n) is 5.83. The van der Waals surface area contributed by atoms with Gasteiger partial charge in [-0.1, -0.05) is 0 Å². The SMILES string of the molecule is CS1(c2cn3nc(-n4ccnc4)ccc3n2)CC1. The standard InChI is InChI=1S/C12H13N5S/c1-18(6-7-18)12-8-17-10(14-12)2-3-11(15-17)16-5-4-13-9-16/h2-5,8-9H,6-7H2,1H3. The van der Waals surface area contributed by atoms with E-state index >= 15 is 0 Å². The lowest BCUT2D eigenvalue weighted by atomic mass is 10.5. The van der Waals surface area contributed by atoms with Gasteiger partial charge in [0.2, 0.25) is 0 Å². The molecule has 0 unspecified atom stereocenters. The predicted molar refractivity (Wildman–Crippen MR) is 71.6 cm³/mol. The fourth-order valence-electron chi connectivity index (χ4n) is 1.95. The second-order valence-corrected chi connectivity index (χ2v) is 8.51. The normalized spacial score (nSPS) is 18.9. The Balaban J connectivity index is 1.85. The summed E-state index contributed by atoms with van der Waals surface area (Å²) in [5, 5.41) is 5.80. The molecule has 0 radical (unpaired) electrons. The van der Waals surface area contributed by atoms with Gasteiger partial charge in [0, 0.05) is 12.4 Å². The third-order valence-corrected chi connectivity index (χ3v) is 6.21. The van der Waals surface area contributed by atoms with Crippen molar-refractivity contribution < 1.29 is 0 Å². The molecule has 0 amide bonds. The predicted octanol–water partition coefficient (Wildman–Crippen LogP) is 1.72. The van der Waals surface area contributed by atoms with Crippen LogP contribution in [0.4, 0.5) is 0 Å². The first-order valence-corrected chi connectivity index (χ1v) is 8.21. The highest BCUT2D eigenvalue weighted by molar-refractivity contribution is 8.38. The quantitative estimate of drug-likeness (QED) is 0.658. The second-order valence-electron chi connectivity index (χ2n) is 4.73. The van der Waals surface area contributed by atoms with Crippen LogP contribution in [-0.4, -0.2) is 41.9 Å². The summed E-state index contributed by atoms with van der Waals surface area (Å²) in [7, 11) is -0.572. The van der Waals surface area contributed by atoms with Crippen LogP contribution in [0.3, 0.4) is 0 Å². The van der Waals surface area contributed by atoms with Gasteiger partial charge >= 0.3 is 0 Å². The van der Waals surface area contributed by atoms with Gasteiger partial charge in [0.1, 0.15) is 6.33 Å². The third kappa shape index (κ3) is 1.45. The summed E-state index contributed by atoms with van der Waals surface area (Å²) < 4.78 is 3.77. The van der Waals surface area contributed by atoms with Crippen LogP contribution in [0.2, 0.25) is 0 Å². The molecule has 4 rings (SSSR count). The van der Waals surface area contributed by atoms with E-state index in [9.17, 15) is 0 Å². The second kappa shape index (κ2) is 3.35. The van der Waals surface area contributed by atoms with Crippen molar-refractivity contribution in [3.05, 3.63) is 37.1 Å². The summed E-state index contributed by atoms with van der Waals surface area (Å²) in [5.74, 6) is 3.48. The third-order valence-electron chi connectivity index (χ3n) is 3.37. The fraction of sp³-hybridized carbons (Fsp3) is 0.250. The van der Waals surface area contributed by atoms with Crippen molar-refractivity contribution in [3.63, 3.8) is 0 Å². The van der Waals surface area contributed by atoms with Crippen molar-refractivity contribution in [2.75, 3.05) is 17.8 Å². The minimum atomic E-state index is -0.572. The fourth-order valence-corrected chi connectivity index (χ4v) is 4.04. The van der Waals surface area contributed by atoms with Crippen molar-refractivity contribution in [1.82, 2.24) is 24.1 Å². The average molecular weight is 259 g/mol. The minimum absolute atomic E-state index is 0.572. The van der Waals surface area contributed by atoms with Crippen LogP contribution in [0, 0.1) is 0 Å². The van der Waals surface area contributed by atoms with E-state index in [2.05, 4.69) is 27.5 Å². The molecule has 3 aromatic rings. The van der Waals surface area contributed by atoms with Crippen LogP contribution in [0.1, 0.15) is 0 Å². The van der Waals surface area contributed by atoms with Gasteiger partial charge < -0.3 is 0 Å². The number of imidazole rings is 2. The largest absolute Gasteiger partial charge is 0.289 e. The van der Waals surface area contributed by atoms with Gasteiger partial charge in [-0.15, -0.1) is 5.10 Å². The van der Waals surface area contributed by atoms with Gasteiger partial charge in [-0.2, -0.15) is 10.0 Å². The van der Waals surface area contributed by atoms with Gasteiger partial charge in [0.05, 0.1) is 11.2 Å². The molecule has 0 aliphatic carbocycles. The molecule has 1 saturated heterocycles. The Bertz CT molecular complexity index is 711. The lowest BCUT2D eigenvalue weighted by Crippen LogP contribution is -1.99.